The fourth-order valence-electron chi connectivity index (χ4n) is 4.33. The Labute approximate surface area is 185 Å². The number of amides is 1. The second-order valence-electron chi connectivity index (χ2n) is 8.42. The molecule has 2 aromatic carbocycles. The van der Waals surface area contributed by atoms with Crippen molar-refractivity contribution in [2.45, 2.75) is 45.2 Å². The molecule has 31 heavy (non-hydrogen) atoms. The minimum atomic E-state index is -0.0981. The summed E-state index contributed by atoms with van der Waals surface area (Å²) >= 11 is 0. The average Bonchev–Trinajstić information content (AvgIpc) is 3.10. The molecule has 1 unspecified atom stereocenters. The predicted molar refractivity (Wildman–Crippen MR) is 129 cm³/mol. The van der Waals surface area contributed by atoms with Crippen LogP contribution in [0.1, 0.15) is 48.0 Å². The fourth-order valence-corrected chi connectivity index (χ4v) is 4.33. The van der Waals surface area contributed by atoms with Crippen molar-refractivity contribution in [1.29, 1.82) is 0 Å². The number of aliphatic imine (C=N–C) groups is 1. The van der Waals surface area contributed by atoms with E-state index < -0.39 is 0 Å². The molecule has 2 aliphatic heterocycles. The van der Waals surface area contributed by atoms with Crippen LogP contribution in [0.2, 0.25) is 0 Å². The summed E-state index contributed by atoms with van der Waals surface area (Å²) in [6.45, 7) is 4.32. The first kappa shape index (κ1) is 21.3. The quantitative estimate of drug-likeness (QED) is 0.722. The fraction of sp³-hybridized carbons (Fsp3) is 0.385. The first-order valence-electron chi connectivity index (χ1n) is 11.3. The van der Waals surface area contributed by atoms with Crippen molar-refractivity contribution in [3.8, 4) is 11.1 Å². The molecule has 4 rings (SSSR count). The molecule has 1 atom stereocenters. The number of hydrogen-bond donors (Lipinski definition) is 2. The number of carbonyl (C=O) groups is 1. The van der Waals surface area contributed by atoms with Gasteiger partial charge in [0.25, 0.3) is 5.91 Å². The van der Waals surface area contributed by atoms with Crippen LogP contribution >= 0.6 is 0 Å². The molecule has 5 nitrogen and oxygen atoms in total. The molecule has 5 heteroatoms. The number of dihydropyridines is 1. The Morgan fingerprint density at radius 1 is 1.03 bits per heavy atom. The Morgan fingerprint density at radius 2 is 1.77 bits per heavy atom. The van der Waals surface area contributed by atoms with Gasteiger partial charge in [0, 0.05) is 44.0 Å². The minimum absolute atomic E-state index is 0.0981. The van der Waals surface area contributed by atoms with Crippen LogP contribution in [-0.4, -0.2) is 43.3 Å². The molecular formula is C26H32N4O. The Morgan fingerprint density at radius 3 is 2.42 bits per heavy atom. The van der Waals surface area contributed by atoms with E-state index in [0.717, 1.165) is 47.6 Å². The molecule has 0 radical (unpaired) electrons. The molecule has 0 aromatic heterocycles. The second kappa shape index (κ2) is 9.92. The van der Waals surface area contributed by atoms with Crippen LogP contribution in [0.25, 0.3) is 11.1 Å². The highest BCUT2D eigenvalue weighted by molar-refractivity contribution is 6.00. The highest BCUT2D eigenvalue weighted by atomic mass is 16.1. The van der Waals surface area contributed by atoms with Gasteiger partial charge in [-0.1, -0.05) is 37.1 Å². The van der Waals surface area contributed by atoms with E-state index in [9.17, 15) is 4.79 Å². The van der Waals surface area contributed by atoms with Gasteiger partial charge in [-0.25, -0.2) is 0 Å². The van der Waals surface area contributed by atoms with E-state index in [1.54, 1.807) is 0 Å². The Kier molecular flexibility index (Phi) is 6.82. The molecule has 0 aliphatic carbocycles. The summed E-state index contributed by atoms with van der Waals surface area (Å²) in [5.74, 6) is -0.0981. The van der Waals surface area contributed by atoms with E-state index in [1.807, 2.05) is 43.6 Å². The first-order chi connectivity index (χ1) is 15.1. The number of nitrogens with one attached hydrogen (secondary N) is 2. The normalized spacial score (nSPS) is 19.4. The molecule has 2 N–H and O–H groups in total. The number of allylic oxidation sites excluding steroid dienone is 1. The lowest BCUT2D eigenvalue weighted by molar-refractivity contribution is 0.0967. The molecule has 0 spiro atoms. The van der Waals surface area contributed by atoms with Gasteiger partial charge in [0.1, 0.15) is 6.17 Å². The standard InChI is InChI=1S/C26H32N4O/c1-19-7-8-21(17-24(19)20-9-11-22(27-2)12-10-20)26(31)29-23-13-14-25(28-18-23)30-15-5-3-4-6-16-30/h7-13,17-18,25,27H,3-6,14-16H2,1-2H3,(H,29,31). The molecule has 0 bridgehead atoms. The van der Waals surface area contributed by atoms with Crippen LogP contribution in [0.3, 0.4) is 0 Å². The molecule has 1 amide bonds. The van der Waals surface area contributed by atoms with Crippen molar-refractivity contribution in [3.05, 3.63) is 65.4 Å². The molecule has 2 heterocycles. The van der Waals surface area contributed by atoms with Gasteiger partial charge in [-0.3, -0.25) is 14.7 Å². The van der Waals surface area contributed by atoms with E-state index in [4.69, 9.17) is 4.99 Å². The summed E-state index contributed by atoms with van der Waals surface area (Å²) in [6.07, 6.45) is 10.1. The van der Waals surface area contributed by atoms with Crippen molar-refractivity contribution >= 4 is 17.8 Å². The first-order valence-corrected chi connectivity index (χ1v) is 11.3. The Bertz CT molecular complexity index is 969. The lowest BCUT2D eigenvalue weighted by Crippen LogP contribution is -2.36. The summed E-state index contributed by atoms with van der Waals surface area (Å²) in [6, 6.07) is 14.1. The number of benzene rings is 2. The number of aryl methyl sites for hydroxylation is 1. The molecule has 1 fully saturated rings. The highest BCUT2D eigenvalue weighted by Gasteiger charge is 2.20. The number of anilines is 1. The molecule has 1 saturated heterocycles. The van der Waals surface area contributed by atoms with Gasteiger partial charge in [0.05, 0.1) is 5.70 Å². The zero-order valence-corrected chi connectivity index (χ0v) is 18.5. The summed E-state index contributed by atoms with van der Waals surface area (Å²) < 4.78 is 0. The summed E-state index contributed by atoms with van der Waals surface area (Å²) in [4.78, 5) is 20.1. The van der Waals surface area contributed by atoms with Crippen LogP contribution in [0.4, 0.5) is 5.69 Å². The largest absolute Gasteiger partial charge is 0.388 e. The van der Waals surface area contributed by atoms with E-state index in [0.29, 0.717) is 5.56 Å². The zero-order valence-electron chi connectivity index (χ0n) is 18.5. The lowest BCUT2D eigenvalue weighted by atomic mass is 9.97. The number of carbonyl (C=O) groups excluding carboxylic acids is 1. The lowest BCUT2D eigenvalue weighted by Gasteiger charge is -2.28. The SMILES string of the molecule is CNc1ccc(-c2cc(C(=O)NC3=CCC(N4CCCCCC4)N=C3)ccc2C)cc1. The van der Waals surface area contributed by atoms with Gasteiger partial charge in [-0.2, -0.15) is 0 Å². The van der Waals surface area contributed by atoms with E-state index >= 15 is 0 Å². The van der Waals surface area contributed by atoms with Crippen LogP contribution in [0.5, 0.6) is 0 Å². The predicted octanol–water partition coefficient (Wildman–Crippen LogP) is 4.99. The minimum Gasteiger partial charge on any atom is -0.388 e. The average molecular weight is 417 g/mol. The molecular weight excluding hydrogens is 384 g/mol. The van der Waals surface area contributed by atoms with Crippen molar-refractivity contribution in [1.82, 2.24) is 10.2 Å². The van der Waals surface area contributed by atoms with Crippen LogP contribution in [0.15, 0.2) is 59.2 Å². The van der Waals surface area contributed by atoms with Gasteiger partial charge in [-0.05, 0) is 60.7 Å². The highest BCUT2D eigenvalue weighted by Crippen LogP contribution is 2.26. The van der Waals surface area contributed by atoms with Gasteiger partial charge < -0.3 is 10.6 Å². The maximum absolute atomic E-state index is 12.9. The topological polar surface area (TPSA) is 56.7 Å². The van der Waals surface area contributed by atoms with Crippen molar-refractivity contribution in [2.24, 2.45) is 4.99 Å². The smallest absolute Gasteiger partial charge is 0.255 e. The van der Waals surface area contributed by atoms with Crippen LogP contribution < -0.4 is 10.6 Å². The number of likely N-dealkylation sites (tertiary alicyclic amines) is 1. The molecule has 0 saturated carbocycles. The monoisotopic (exact) mass is 416 g/mol. The molecule has 2 aliphatic rings. The maximum Gasteiger partial charge on any atom is 0.255 e. The number of rotatable bonds is 5. The third-order valence-corrected chi connectivity index (χ3v) is 6.24. The van der Waals surface area contributed by atoms with Gasteiger partial charge in [-0.15, -0.1) is 0 Å². The third kappa shape index (κ3) is 5.23. The number of nitrogens with zero attached hydrogens (tertiary/aromatic N) is 2. The Hall–Kier alpha value is -2.92. The second-order valence-corrected chi connectivity index (χ2v) is 8.42. The maximum atomic E-state index is 12.9. The van der Waals surface area contributed by atoms with E-state index in [-0.39, 0.29) is 12.1 Å². The molecule has 2 aromatic rings. The van der Waals surface area contributed by atoms with Crippen molar-refractivity contribution < 1.29 is 4.79 Å². The molecule has 162 valence electrons. The summed E-state index contributed by atoms with van der Waals surface area (Å²) in [7, 11) is 1.91. The summed E-state index contributed by atoms with van der Waals surface area (Å²) in [5, 5.41) is 6.17. The van der Waals surface area contributed by atoms with Crippen molar-refractivity contribution in [3.63, 3.8) is 0 Å². The van der Waals surface area contributed by atoms with Crippen molar-refractivity contribution in [2.75, 3.05) is 25.5 Å². The third-order valence-electron chi connectivity index (χ3n) is 6.24. The van der Waals surface area contributed by atoms with Gasteiger partial charge in [0.2, 0.25) is 0 Å². The zero-order chi connectivity index (χ0) is 21.6. The summed E-state index contributed by atoms with van der Waals surface area (Å²) in [5.41, 5.74) is 5.83. The van der Waals surface area contributed by atoms with E-state index in [1.165, 1.54) is 25.7 Å². The Balaban J connectivity index is 1.42. The van der Waals surface area contributed by atoms with Crippen LogP contribution in [-0.2, 0) is 0 Å². The van der Waals surface area contributed by atoms with Crippen LogP contribution in [0, 0.1) is 6.92 Å². The van der Waals surface area contributed by atoms with E-state index in [2.05, 4.69) is 40.7 Å². The van der Waals surface area contributed by atoms with Gasteiger partial charge in [0.15, 0.2) is 0 Å². The van der Waals surface area contributed by atoms with Gasteiger partial charge >= 0.3 is 0 Å². The number of hydrogen-bond acceptors (Lipinski definition) is 4.